The first-order valence-corrected chi connectivity index (χ1v) is 12.4. The lowest BCUT2D eigenvalue weighted by molar-refractivity contribution is -0.110. The van der Waals surface area contributed by atoms with Crippen molar-refractivity contribution in [1.82, 2.24) is 15.2 Å². The molecule has 3 N–H and O–H groups in total. The molecule has 0 bridgehead atoms. The van der Waals surface area contributed by atoms with Crippen molar-refractivity contribution in [1.29, 1.82) is 0 Å². The summed E-state index contributed by atoms with van der Waals surface area (Å²) in [6, 6.07) is 13.4. The molecule has 3 heterocycles. The van der Waals surface area contributed by atoms with Gasteiger partial charge in [0.05, 0.1) is 11.1 Å². The standard InChI is InChI=1S/C28H29ClN4O2/c1-17-24(31-18(2)25(17)28(35)30-11-14-33-12-3-4-13-33)16-22-26-21(19-7-5-8-20(29)15-19)9-6-10-23(26)32-27(22)34/h5-10,15-16,31H,3-4,11-14H2,1-2H3,(H,30,35)(H,32,34). The maximum absolute atomic E-state index is 13.0. The zero-order chi connectivity index (χ0) is 24.5. The van der Waals surface area contributed by atoms with E-state index in [1.165, 1.54) is 12.8 Å². The van der Waals surface area contributed by atoms with Crippen LogP contribution in [0.3, 0.4) is 0 Å². The van der Waals surface area contributed by atoms with Gasteiger partial charge in [-0.05, 0) is 80.7 Å². The fourth-order valence-electron chi connectivity index (χ4n) is 5.11. The van der Waals surface area contributed by atoms with Crippen LogP contribution in [0.25, 0.3) is 22.8 Å². The number of nitrogens with one attached hydrogen (secondary N) is 3. The molecule has 0 radical (unpaired) electrons. The molecule has 2 aliphatic rings. The van der Waals surface area contributed by atoms with Crippen LogP contribution in [0.2, 0.25) is 5.02 Å². The van der Waals surface area contributed by atoms with Crippen molar-refractivity contribution in [3.8, 4) is 11.1 Å². The first-order valence-electron chi connectivity index (χ1n) is 12.0. The summed E-state index contributed by atoms with van der Waals surface area (Å²) in [5.41, 5.74) is 7.03. The van der Waals surface area contributed by atoms with Gasteiger partial charge >= 0.3 is 0 Å². The number of halogens is 1. The Bertz CT molecular complexity index is 1330. The lowest BCUT2D eigenvalue weighted by Gasteiger charge is -2.14. The van der Waals surface area contributed by atoms with Crippen molar-refractivity contribution in [2.75, 3.05) is 31.5 Å². The molecule has 7 heteroatoms. The number of H-pyrrole nitrogens is 1. The van der Waals surface area contributed by atoms with Gasteiger partial charge in [-0.25, -0.2) is 0 Å². The third-order valence-electron chi connectivity index (χ3n) is 6.87. The van der Waals surface area contributed by atoms with Crippen molar-refractivity contribution in [3.63, 3.8) is 0 Å². The Labute approximate surface area is 210 Å². The van der Waals surface area contributed by atoms with Crippen LogP contribution >= 0.6 is 11.6 Å². The van der Waals surface area contributed by atoms with Crippen LogP contribution < -0.4 is 10.6 Å². The molecule has 1 aromatic heterocycles. The average molecular weight is 489 g/mol. The summed E-state index contributed by atoms with van der Waals surface area (Å²) in [5.74, 6) is -0.256. The molecule has 0 spiro atoms. The number of carbonyl (C=O) groups is 2. The van der Waals surface area contributed by atoms with Crippen LogP contribution in [0.1, 0.15) is 45.7 Å². The number of hydrogen-bond acceptors (Lipinski definition) is 3. The Hall–Kier alpha value is -3.35. The van der Waals surface area contributed by atoms with E-state index < -0.39 is 0 Å². The summed E-state index contributed by atoms with van der Waals surface area (Å²) < 4.78 is 0. The molecule has 2 aliphatic heterocycles. The van der Waals surface area contributed by atoms with Crippen molar-refractivity contribution in [3.05, 3.63) is 75.6 Å². The predicted molar refractivity (Wildman–Crippen MR) is 142 cm³/mol. The number of rotatable bonds is 6. The van der Waals surface area contributed by atoms with Crippen LogP contribution in [-0.4, -0.2) is 47.9 Å². The second-order valence-corrected chi connectivity index (χ2v) is 9.66. The van der Waals surface area contributed by atoms with Gasteiger partial charge in [-0.2, -0.15) is 0 Å². The first-order chi connectivity index (χ1) is 16.9. The molecule has 0 saturated carbocycles. The van der Waals surface area contributed by atoms with Gasteiger partial charge in [-0.15, -0.1) is 0 Å². The Kier molecular flexibility index (Phi) is 6.50. The average Bonchev–Trinajstić information content (AvgIpc) is 3.52. The third kappa shape index (κ3) is 4.64. The topological polar surface area (TPSA) is 77.2 Å². The zero-order valence-corrected chi connectivity index (χ0v) is 20.8. The monoisotopic (exact) mass is 488 g/mol. The second kappa shape index (κ2) is 9.72. The molecule has 0 aliphatic carbocycles. The Morgan fingerprint density at radius 3 is 2.69 bits per heavy atom. The van der Waals surface area contributed by atoms with E-state index in [-0.39, 0.29) is 11.8 Å². The SMILES string of the molecule is Cc1[nH]c(C=C2C(=O)Nc3cccc(-c4cccc(Cl)c4)c32)c(C)c1C(=O)NCCN1CCCC1. The summed E-state index contributed by atoms with van der Waals surface area (Å²) in [7, 11) is 0. The van der Waals surface area contributed by atoms with E-state index in [9.17, 15) is 9.59 Å². The van der Waals surface area contributed by atoms with Crippen molar-refractivity contribution in [2.45, 2.75) is 26.7 Å². The number of fused-ring (bicyclic) bond motifs is 1. The minimum atomic E-state index is -0.169. The lowest BCUT2D eigenvalue weighted by Crippen LogP contribution is -2.33. The molecule has 2 amide bonds. The van der Waals surface area contributed by atoms with E-state index in [1.54, 1.807) is 0 Å². The highest BCUT2D eigenvalue weighted by molar-refractivity contribution is 6.36. The number of nitrogens with zero attached hydrogens (tertiary/aromatic N) is 1. The minimum Gasteiger partial charge on any atom is -0.358 e. The quantitative estimate of drug-likeness (QED) is 0.414. The van der Waals surface area contributed by atoms with Gasteiger partial charge in [0.1, 0.15) is 0 Å². The molecule has 35 heavy (non-hydrogen) atoms. The van der Waals surface area contributed by atoms with Gasteiger partial charge in [0.25, 0.3) is 11.8 Å². The van der Waals surface area contributed by atoms with E-state index in [1.807, 2.05) is 62.4 Å². The number of likely N-dealkylation sites (tertiary alicyclic amines) is 1. The van der Waals surface area contributed by atoms with Gasteiger partial charge in [-0.3, -0.25) is 9.59 Å². The fourth-order valence-corrected chi connectivity index (χ4v) is 5.30. The summed E-state index contributed by atoms with van der Waals surface area (Å²) in [4.78, 5) is 31.7. The van der Waals surface area contributed by atoms with Gasteiger partial charge < -0.3 is 20.5 Å². The molecule has 3 aromatic rings. The Morgan fingerprint density at radius 1 is 1.14 bits per heavy atom. The summed E-state index contributed by atoms with van der Waals surface area (Å²) in [6.07, 6.45) is 4.31. The maximum Gasteiger partial charge on any atom is 0.256 e. The maximum atomic E-state index is 13.0. The number of amides is 2. The minimum absolute atomic E-state index is 0.0870. The molecule has 0 atom stereocenters. The predicted octanol–water partition coefficient (Wildman–Crippen LogP) is 5.27. The van der Waals surface area contributed by atoms with E-state index in [4.69, 9.17) is 11.6 Å². The van der Waals surface area contributed by atoms with Crippen LogP contribution in [0.5, 0.6) is 0 Å². The van der Waals surface area contributed by atoms with E-state index in [2.05, 4.69) is 20.5 Å². The molecule has 1 saturated heterocycles. The van der Waals surface area contributed by atoms with Gasteiger partial charge in [0.2, 0.25) is 0 Å². The largest absolute Gasteiger partial charge is 0.358 e. The molecule has 6 nitrogen and oxygen atoms in total. The fraction of sp³-hybridized carbons (Fsp3) is 0.286. The highest BCUT2D eigenvalue weighted by atomic mass is 35.5. The van der Waals surface area contributed by atoms with Crippen molar-refractivity contribution < 1.29 is 9.59 Å². The number of anilines is 1. The van der Waals surface area contributed by atoms with Crippen LogP contribution in [-0.2, 0) is 4.79 Å². The van der Waals surface area contributed by atoms with Gasteiger partial charge in [-0.1, -0.05) is 35.9 Å². The molecule has 180 valence electrons. The third-order valence-corrected chi connectivity index (χ3v) is 7.10. The summed E-state index contributed by atoms with van der Waals surface area (Å²) >= 11 is 6.24. The number of aromatic nitrogens is 1. The molecule has 2 aromatic carbocycles. The number of aryl methyl sites for hydroxylation is 1. The van der Waals surface area contributed by atoms with Crippen LogP contribution in [0.4, 0.5) is 5.69 Å². The zero-order valence-electron chi connectivity index (χ0n) is 20.0. The number of carbonyl (C=O) groups excluding carboxylic acids is 2. The molecule has 5 rings (SSSR count). The Balaban J connectivity index is 1.45. The van der Waals surface area contributed by atoms with Crippen LogP contribution in [0.15, 0.2) is 42.5 Å². The van der Waals surface area contributed by atoms with E-state index >= 15 is 0 Å². The molecular weight excluding hydrogens is 460 g/mol. The second-order valence-electron chi connectivity index (χ2n) is 9.22. The van der Waals surface area contributed by atoms with E-state index in [0.29, 0.717) is 22.7 Å². The Morgan fingerprint density at radius 2 is 1.91 bits per heavy atom. The van der Waals surface area contributed by atoms with Crippen molar-refractivity contribution in [2.24, 2.45) is 0 Å². The normalized spacial score (nSPS) is 16.5. The van der Waals surface area contributed by atoms with Gasteiger partial charge in [0.15, 0.2) is 0 Å². The van der Waals surface area contributed by atoms with Gasteiger partial charge in [0, 0.05) is 40.8 Å². The summed E-state index contributed by atoms with van der Waals surface area (Å²) in [6.45, 7) is 7.52. The smallest absolute Gasteiger partial charge is 0.256 e. The first kappa shape index (κ1) is 23.4. The molecular formula is C28H29ClN4O2. The number of hydrogen-bond donors (Lipinski definition) is 3. The highest BCUT2D eigenvalue weighted by Crippen LogP contribution is 2.41. The lowest BCUT2D eigenvalue weighted by atomic mass is 9.94. The summed E-state index contributed by atoms with van der Waals surface area (Å²) in [5, 5.41) is 6.67. The van der Waals surface area contributed by atoms with E-state index in [0.717, 1.165) is 59.0 Å². The van der Waals surface area contributed by atoms with Crippen molar-refractivity contribution >= 4 is 40.8 Å². The van der Waals surface area contributed by atoms with Crippen LogP contribution in [0, 0.1) is 13.8 Å². The number of aromatic amines is 1. The highest BCUT2D eigenvalue weighted by Gasteiger charge is 2.28. The molecule has 0 unspecified atom stereocenters. The number of benzene rings is 2. The molecule has 1 fully saturated rings.